The molecule has 0 atom stereocenters. The Hall–Kier alpha value is -2.93. The van der Waals surface area contributed by atoms with Gasteiger partial charge in [0.05, 0.1) is 4.92 Å². The number of nitro benzene ring substituents is 1. The molecule has 0 spiro atoms. The van der Waals surface area contributed by atoms with Crippen LogP contribution in [0.25, 0.3) is 10.8 Å². The topological polar surface area (TPSA) is 78.7 Å². The highest BCUT2D eigenvalue weighted by Crippen LogP contribution is 2.31. The monoisotopic (exact) mass is 401 g/mol. The van der Waals surface area contributed by atoms with Crippen molar-refractivity contribution in [2.75, 3.05) is 6.61 Å². The second-order valence-corrected chi connectivity index (χ2v) is 5.96. The van der Waals surface area contributed by atoms with E-state index in [0.717, 1.165) is 15.2 Å². The average Bonchev–Trinajstić information content (AvgIpc) is 2.63. The van der Waals surface area contributed by atoms with Crippen molar-refractivity contribution in [3.63, 3.8) is 0 Å². The van der Waals surface area contributed by atoms with Crippen molar-refractivity contribution in [2.45, 2.75) is 0 Å². The number of nitro groups is 1. The van der Waals surface area contributed by atoms with Gasteiger partial charge in [0.25, 0.3) is 5.69 Å². The Morgan fingerprint density at radius 3 is 2.36 bits per heavy atom. The van der Waals surface area contributed by atoms with Gasteiger partial charge in [0.15, 0.2) is 6.61 Å². The van der Waals surface area contributed by atoms with E-state index in [2.05, 4.69) is 15.9 Å². The summed E-state index contributed by atoms with van der Waals surface area (Å²) < 4.78 is 11.6. The highest BCUT2D eigenvalue weighted by molar-refractivity contribution is 9.10. The van der Waals surface area contributed by atoms with Gasteiger partial charge in [-0.2, -0.15) is 0 Å². The van der Waals surface area contributed by atoms with Crippen LogP contribution in [0.3, 0.4) is 0 Å². The number of hydrogen-bond acceptors (Lipinski definition) is 5. The van der Waals surface area contributed by atoms with Crippen LogP contribution in [0.2, 0.25) is 0 Å². The molecule has 6 nitrogen and oxygen atoms in total. The molecule has 3 rings (SSSR count). The SMILES string of the molecule is O=C(COc1ccc([N+](=O)[O-])cc1)Oc1ccc(Br)c2ccccc12. The zero-order valence-electron chi connectivity index (χ0n) is 12.8. The lowest BCUT2D eigenvalue weighted by Crippen LogP contribution is -2.17. The number of carbonyl (C=O) groups is 1. The van der Waals surface area contributed by atoms with Crippen molar-refractivity contribution in [3.05, 3.63) is 75.3 Å². The third-order valence-electron chi connectivity index (χ3n) is 3.46. The Balaban J connectivity index is 1.67. The maximum absolute atomic E-state index is 12.0. The van der Waals surface area contributed by atoms with E-state index in [9.17, 15) is 14.9 Å². The van der Waals surface area contributed by atoms with Gasteiger partial charge in [-0.25, -0.2) is 4.79 Å². The van der Waals surface area contributed by atoms with Gasteiger partial charge in [0.2, 0.25) is 0 Å². The number of fused-ring (bicyclic) bond motifs is 1. The van der Waals surface area contributed by atoms with Crippen LogP contribution in [0.4, 0.5) is 5.69 Å². The summed E-state index contributed by atoms with van der Waals surface area (Å²) in [5, 5.41) is 12.3. The average molecular weight is 402 g/mol. The first kappa shape index (κ1) is 16.9. The predicted octanol–water partition coefficient (Wildman–Crippen LogP) is 4.49. The lowest BCUT2D eigenvalue weighted by atomic mass is 10.1. The van der Waals surface area contributed by atoms with Gasteiger partial charge >= 0.3 is 5.97 Å². The lowest BCUT2D eigenvalue weighted by Gasteiger charge is -2.10. The van der Waals surface area contributed by atoms with Crippen LogP contribution in [0.5, 0.6) is 11.5 Å². The first-order valence-corrected chi connectivity index (χ1v) is 8.09. The summed E-state index contributed by atoms with van der Waals surface area (Å²) in [4.78, 5) is 22.1. The number of rotatable bonds is 5. The minimum Gasteiger partial charge on any atom is -0.482 e. The van der Waals surface area contributed by atoms with E-state index in [1.54, 1.807) is 6.07 Å². The van der Waals surface area contributed by atoms with Crippen LogP contribution in [-0.2, 0) is 4.79 Å². The molecule has 0 radical (unpaired) electrons. The molecule has 3 aromatic rings. The van der Waals surface area contributed by atoms with Gasteiger partial charge in [-0.3, -0.25) is 10.1 Å². The van der Waals surface area contributed by atoms with Crippen molar-refractivity contribution in [2.24, 2.45) is 0 Å². The van der Waals surface area contributed by atoms with E-state index >= 15 is 0 Å². The molecular formula is C18H12BrNO5. The fourth-order valence-corrected chi connectivity index (χ4v) is 2.76. The maximum atomic E-state index is 12.0. The van der Waals surface area contributed by atoms with E-state index in [1.165, 1.54) is 24.3 Å². The first-order valence-electron chi connectivity index (χ1n) is 7.30. The summed E-state index contributed by atoms with van der Waals surface area (Å²) in [5.41, 5.74) is -0.0451. The van der Waals surface area contributed by atoms with E-state index in [4.69, 9.17) is 9.47 Å². The van der Waals surface area contributed by atoms with Crippen LogP contribution < -0.4 is 9.47 Å². The Kier molecular flexibility index (Phi) is 4.95. The number of ether oxygens (including phenoxy) is 2. The van der Waals surface area contributed by atoms with E-state index < -0.39 is 10.9 Å². The number of nitrogens with zero attached hydrogens (tertiary/aromatic N) is 1. The number of benzene rings is 3. The van der Waals surface area contributed by atoms with Crippen LogP contribution in [0.15, 0.2) is 65.1 Å². The largest absolute Gasteiger partial charge is 0.482 e. The van der Waals surface area contributed by atoms with Crippen LogP contribution in [-0.4, -0.2) is 17.5 Å². The van der Waals surface area contributed by atoms with Crippen molar-refractivity contribution in [1.82, 2.24) is 0 Å². The van der Waals surface area contributed by atoms with Crippen LogP contribution >= 0.6 is 15.9 Å². The summed E-state index contributed by atoms with van der Waals surface area (Å²) in [5.74, 6) is 0.227. The molecule has 0 aliphatic heterocycles. The fraction of sp³-hybridized carbons (Fsp3) is 0.0556. The van der Waals surface area contributed by atoms with Gasteiger partial charge in [-0.1, -0.05) is 40.2 Å². The second-order valence-electron chi connectivity index (χ2n) is 5.10. The van der Waals surface area contributed by atoms with E-state index in [1.807, 2.05) is 30.3 Å². The molecule has 0 fully saturated rings. The zero-order chi connectivity index (χ0) is 17.8. The first-order chi connectivity index (χ1) is 12.0. The van der Waals surface area contributed by atoms with Crippen molar-refractivity contribution < 1.29 is 19.2 Å². The molecule has 0 saturated carbocycles. The van der Waals surface area contributed by atoms with Crippen LogP contribution in [0.1, 0.15) is 0 Å². The minimum atomic E-state index is -0.564. The second kappa shape index (κ2) is 7.31. The Morgan fingerprint density at radius 2 is 1.68 bits per heavy atom. The minimum absolute atomic E-state index is 0.0451. The third kappa shape index (κ3) is 3.95. The molecule has 0 aliphatic rings. The number of hydrogen-bond donors (Lipinski definition) is 0. The van der Waals surface area contributed by atoms with E-state index in [0.29, 0.717) is 11.5 Å². The molecule has 0 heterocycles. The van der Waals surface area contributed by atoms with E-state index in [-0.39, 0.29) is 12.3 Å². The van der Waals surface area contributed by atoms with Gasteiger partial charge in [0, 0.05) is 22.0 Å². The Bertz CT molecular complexity index is 940. The van der Waals surface area contributed by atoms with Gasteiger partial charge in [-0.15, -0.1) is 0 Å². The molecule has 25 heavy (non-hydrogen) atoms. The molecule has 0 aliphatic carbocycles. The fourth-order valence-electron chi connectivity index (χ4n) is 2.28. The van der Waals surface area contributed by atoms with Crippen molar-refractivity contribution >= 4 is 38.4 Å². The van der Waals surface area contributed by atoms with Gasteiger partial charge < -0.3 is 9.47 Å². The molecule has 3 aromatic carbocycles. The molecule has 0 saturated heterocycles. The van der Waals surface area contributed by atoms with Gasteiger partial charge in [-0.05, 0) is 29.7 Å². The summed E-state index contributed by atoms with van der Waals surface area (Å²) in [6.07, 6.45) is 0. The quantitative estimate of drug-likeness (QED) is 0.272. The van der Waals surface area contributed by atoms with Crippen molar-refractivity contribution in [3.8, 4) is 11.5 Å². The molecule has 0 aromatic heterocycles. The molecule has 7 heteroatoms. The summed E-state index contributed by atoms with van der Waals surface area (Å²) >= 11 is 3.46. The third-order valence-corrected chi connectivity index (χ3v) is 4.15. The number of halogens is 1. The van der Waals surface area contributed by atoms with Crippen molar-refractivity contribution in [1.29, 1.82) is 0 Å². The molecule has 126 valence electrons. The summed E-state index contributed by atoms with van der Waals surface area (Å²) in [7, 11) is 0. The summed E-state index contributed by atoms with van der Waals surface area (Å²) in [6, 6.07) is 16.5. The highest BCUT2D eigenvalue weighted by Gasteiger charge is 2.11. The number of carbonyl (C=O) groups excluding carboxylic acids is 1. The molecule has 0 unspecified atom stereocenters. The Labute approximate surface area is 151 Å². The van der Waals surface area contributed by atoms with Crippen LogP contribution in [0, 0.1) is 10.1 Å². The molecule has 0 bridgehead atoms. The number of esters is 1. The molecule has 0 N–H and O–H groups in total. The Morgan fingerprint density at radius 1 is 1.00 bits per heavy atom. The van der Waals surface area contributed by atoms with Gasteiger partial charge in [0.1, 0.15) is 11.5 Å². The molecule has 0 amide bonds. The highest BCUT2D eigenvalue weighted by atomic mass is 79.9. The lowest BCUT2D eigenvalue weighted by molar-refractivity contribution is -0.384. The summed E-state index contributed by atoms with van der Waals surface area (Å²) in [6.45, 7) is -0.303. The zero-order valence-corrected chi connectivity index (χ0v) is 14.4. The smallest absolute Gasteiger partial charge is 0.349 e. The standard InChI is InChI=1S/C18H12BrNO5/c19-16-9-10-17(15-4-2-1-3-14(15)16)25-18(21)11-24-13-7-5-12(6-8-13)20(22)23/h1-10H,11H2. The maximum Gasteiger partial charge on any atom is 0.349 e. The number of non-ortho nitro benzene ring substituents is 1. The molecular weight excluding hydrogens is 390 g/mol. The normalized spacial score (nSPS) is 10.4. The predicted molar refractivity (Wildman–Crippen MR) is 95.9 cm³/mol.